The van der Waals surface area contributed by atoms with E-state index in [1.165, 1.54) is 24.3 Å². The van der Waals surface area contributed by atoms with Crippen molar-refractivity contribution in [2.45, 2.75) is 17.1 Å². The molecule has 0 N–H and O–H groups in total. The van der Waals surface area contributed by atoms with E-state index in [1.807, 2.05) is 0 Å². The van der Waals surface area contributed by atoms with Gasteiger partial charge in [-0.15, -0.1) is 0 Å². The van der Waals surface area contributed by atoms with Crippen molar-refractivity contribution < 1.29 is 16.8 Å². The van der Waals surface area contributed by atoms with Crippen molar-refractivity contribution in [3.63, 3.8) is 0 Å². The molecule has 0 saturated carbocycles. The maximum Gasteiger partial charge on any atom is 0.240 e. The molecule has 2 aromatic carbocycles. The van der Waals surface area contributed by atoms with Crippen molar-refractivity contribution in [1.82, 2.24) is 0 Å². The van der Waals surface area contributed by atoms with E-state index in [-0.39, 0.29) is 9.79 Å². The minimum atomic E-state index is -3.78. The van der Waals surface area contributed by atoms with Gasteiger partial charge in [0.25, 0.3) is 0 Å². The van der Waals surface area contributed by atoms with Crippen LogP contribution >= 0.6 is 46.4 Å². The van der Waals surface area contributed by atoms with Crippen molar-refractivity contribution in [2.24, 2.45) is 0 Å². The van der Waals surface area contributed by atoms with E-state index < -0.39 is 27.0 Å². The first-order chi connectivity index (χ1) is 12.8. The average molecular weight is 502 g/mol. The van der Waals surface area contributed by atoms with E-state index in [2.05, 4.69) is 13.2 Å². The lowest BCUT2D eigenvalue weighted by atomic mass is 10.4. The van der Waals surface area contributed by atoms with Crippen LogP contribution in [0.1, 0.15) is 0 Å². The second-order valence-electron chi connectivity index (χ2n) is 5.16. The Kier molecular flexibility index (Phi) is 8.62. The van der Waals surface area contributed by atoms with Gasteiger partial charge in [-0.25, -0.2) is 16.8 Å². The Morgan fingerprint density at radius 1 is 0.607 bits per heavy atom. The van der Waals surface area contributed by atoms with Crippen LogP contribution in [0.15, 0.2) is 95.8 Å². The monoisotopic (exact) mass is 500 g/mol. The Morgan fingerprint density at radius 3 is 1.07 bits per heavy atom. The van der Waals surface area contributed by atoms with Crippen LogP contribution in [0.2, 0.25) is 0 Å². The third kappa shape index (κ3) is 5.53. The van der Waals surface area contributed by atoms with E-state index in [0.717, 1.165) is 12.2 Å². The molecule has 0 amide bonds. The number of alkyl halides is 4. The highest BCUT2D eigenvalue weighted by atomic mass is 35.5. The zero-order valence-corrected chi connectivity index (χ0v) is 19.0. The van der Waals surface area contributed by atoms with Crippen LogP contribution in [0.4, 0.5) is 0 Å². The molecule has 10 heteroatoms. The fourth-order valence-electron chi connectivity index (χ4n) is 1.73. The van der Waals surface area contributed by atoms with Gasteiger partial charge in [-0.3, -0.25) is 0 Å². The molecular formula is C18H16Cl4O4S2. The number of benzene rings is 2. The number of sulfone groups is 2. The van der Waals surface area contributed by atoms with Crippen LogP contribution in [0, 0.1) is 0 Å². The van der Waals surface area contributed by atoms with Crippen molar-refractivity contribution in [3.05, 3.63) is 86.0 Å². The SMILES string of the molecule is C=CC(Cl)(Cl)S(=O)(=O)c1ccccc1.C=CC(Cl)(Cl)S(=O)(=O)c1ccccc1. The van der Waals surface area contributed by atoms with Crippen LogP contribution in [0.25, 0.3) is 0 Å². The molecular weight excluding hydrogens is 486 g/mol. The Hall–Kier alpha value is -1.02. The summed E-state index contributed by atoms with van der Waals surface area (Å²) in [5.41, 5.74) is 0. The first-order valence-corrected chi connectivity index (χ1v) is 11.9. The molecule has 152 valence electrons. The summed E-state index contributed by atoms with van der Waals surface area (Å²) < 4.78 is 43.0. The largest absolute Gasteiger partial charge is 0.240 e. The normalized spacial score (nSPS) is 12.4. The Balaban J connectivity index is 0.000000280. The van der Waals surface area contributed by atoms with Gasteiger partial charge in [0.05, 0.1) is 9.79 Å². The highest BCUT2D eigenvalue weighted by Crippen LogP contribution is 2.35. The summed E-state index contributed by atoms with van der Waals surface area (Å²) in [6.07, 6.45) is 1.97. The summed E-state index contributed by atoms with van der Waals surface area (Å²) in [6, 6.07) is 15.5. The lowest BCUT2D eigenvalue weighted by molar-refractivity contribution is 0.592. The van der Waals surface area contributed by atoms with Gasteiger partial charge in [0.15, 0.2) is 0 Å². The lowest BCUT2D eigenvalue weighted by Gasteiger charge is -2.15. The highest BCUT2D eigenvalue weighted by Gasteiger charge is 2.38. The Morgan fingerprint density at radius 2 is 0.857 bits per heavy atom. The van der Waals surface area contributed by atoms with Gasteiger partial charge < -0.3 is 0 Å². The second kappa shape index (κ2) is 9.65. The molecule has 0 radical (unpaired) electrons. The topological polar surface area (TPSA) is 68.3 Å². The Bertz CT molecular complexity index is 932. The van der Waals surface area contributed by atoms with E-state index in [4.69, 9.17) is 46.4 Å². The van der Waals surface area contributed by atoms with Crippen LogP contribution in [-0.4, -0.2) is 24.2 Å². The van der Waals surface area contributed by atoms with Crippen molar-refractivity contribution in [2.75, 3.05) is 0 Å². The van der Waals surface area contributed by atoms with Gasteiger partial charge in [0, 0.05) is 0 Å². The smallest absolute Gasteiger partial charge is 0.220 e. The maximum absolute atomic E-state index is 11.7. The zero-order chi connectivity index (χ0) is 21.6. The minimum absolute atomic E-state index is 0.0740. The van der Waals surface area contributed by atoms with Gasteiger partial charge in [-0.05, 0) is 36.4 Å². The highest BCUT2D eigenvalue weighted by molar-refractivity contribution is 7.96. The molecule has 0 bridgehead atoms. The molecule has 0 aliphatic heterocycles. The third-order valence-electron chi connectivity index (χ3n) is 3.30. The molecule has 0 saturated heterocycles. The van der Waals surface area contributed by atoms with Crippen LogP contribution in [-0.2, 0) is 19.7 Å². The average Bonchev–Trinajstić information content (AvgIpc) is 2.69. The molecule has 0 aromatic heterocycles. The predicted molar refractivity (Wildman–Crippen MR) is 117 cm³/mol. The standard InChI is InChI=1S/2C9H8Cl2O2S/c2*1-2-9(10,11)14(12,13)8-6-4-3-5-7-8/h2*2-7H,1H2. The van der Waals surface area contributed by atoms with Crippen molar-refractivity contribution in [1.29, 1.82) is 0 Å². The number of hydrogen-bond donors (Lipinski definition) is 0. The van der Waals surface area contributed by atoms with Gasteiger partial charge in [0.2, 0.25) is 27.0 Å². The fourth-order valence-corrected chi connectivity index (χ4v) is 4.90. The molecule has 28 heavy (non-hydrogen) atoms. The summed E-state index contributed by atoms with van der Waals surface area (Å²) in [6.45, 7) is 6.56. The summed E-state index contributed by atoms with van der Waals surface area (Å²) in [5, 5.41) is 0. The fraction of sp³-hybridized carbons (Fsp3) is 0.111. The maximum atomic E-state index is 11.7. The Labute approximate surface area is 185 Å². The lowest BCUT2D eigenvalue weighted by Crippen LogP contribution is -2.23. The van der Waals surface area contributed by atoms with Crippen LogP contribution in [0.3, 0.4) is 0 Å². The van der Waals surface area contributed by atoms with Crippen LogP contribution < -0.4 is 0 Å². The van der Waals surface area contributed by atoms with E-state index in [1.54, 1.807) is 36.4 Å². The van der Waals surface area contributed by atoms with Crippen molar-refractivity contribution in [3.8, 4) is 0 Å². The molecule has 0 fully saturated rings. The summed E-state index contributed by atoms with van der Waals surface area (Å²) in [4.78, 5) is 0.148. The summed E-state index contributed by atoms with van der Waals surface area (Å²) >= 11 is 22.4. The quantitative estimate of drug-likeness (QED) is 0.384. The zero-order valence-electron chi connectivity index (χ0n) is 14.3. The third-order valence-corrected chi connectivity index (χ3v) is 9.91. The van der Waals surface area contributed by atoms with Gasteiger partial charge in [-0.2, -0.15) is 0 Å². The molecule has 0 unspecified atom stereocenters. The number of rotatable bonds is 6. The first-order valence-electron chi connectivity index (χ1n) is 7.45. The molecule has 2 aromatic rings. The summed E-state index contributed by atoms with van der Waals surface area (Å²) in [5.74, 6) is 0. The number of halogens is 4. The van der Waals surface area contributed by atoms with Crippen molar-refractivity contribution >= 4 is 66.1 Å². The number of hydrogen-bond acceptors (Lipinski definition) is 4. The molecule has 0 spiro atoms. The molecule has 0 atom stereocenters. The van der Waals surface area contributed by atoms with E-state index in [0.29, 0.717) is 0 Å². The minimum Gasteiger partial charge on any atom is -0.220 e. The molecule has 4 nitrogen and oxygen atoms in total. The molecule has 0 aliphatic carbocycles. The summed E-state index contributed by atoms with van der Waals surface area (Å²) in [7, 11) is -7.55. The van der Waals surface area contributed by atoms with Crippen LogP contribution in [0.5, 0.6) is 0 Å². The van der Waals surface area contributed by atoms with Gasteiger partial charge >= 0.3 is 0 Å². The van der Waals surface area contributed by atoms with E-state index in [9.17, 15) is 16.8 Å². The first kappa shape index (κ1) is 25.0. The second-order valence-corrected chi connectivity index (χ2v) is 13.1. The molecule has 2 rings (SSSR count). The van der Waals surface area contributed by atoms with Gasteiger partial charge in [-0.1, -0.05) is 96.0 Å². The van der Waals surface area contributed by atoms with E-state index >= 15 is 0 Å². The van der Waals surface area contributed by atoms with Gasteiger partial charge in [0.1, 0.15) is 0 Å². The molecule has 0 aliphatic rings. The predicted octanol–water partition coefficient (Wildman–Crippen LogP) is 5.56. The molecule has 0 heterocycles.